The molecular formula is C18H16ClF3N8O3. The van der Waals surface area contributed by atoms with Gasteiger partial charge in [0.1, 0.15) is 5.75 Å². The third-order valence-corrected chi connectivity index (χ3v) is 3.90. The number of aromatic hydroxyl groups is 1. The van der Waals surface area contributed by atoms with Gasteiger partial charge in [0.15, 0.2) is 0 Å². The van der Waals surface area contributed by atoms with Crippen LogP contribution in [0.15, 0.2) is 47.6 Å². The van der Waals surface area contributed by atoms with Gasteiger partial charge in [-0.15, -0.1) is 12.4 Å². The number of anilines is 4. The molecule has 0 atom stereocenters. The number of hydrogen-bond acceptors (Lipinski definition) is 10. The number of rotatable bonds is 7. The van der Waals surface area contributed by atoms with Crippen LogP contribution < -0.4 is 16.1 Å². The standard InChI is InChI=1S/C18H15F3N8O3.ClH/c1-22-15-25-16(24-12-4-2-3-11(8-12)18(19,20)21)27-17(26-15)28-23-9-10-7-13(29(31)32)5-6-14(10)30;/h2-9,30H,1H3,(H3,22,24,25,26,27,28);1H/b23-9+;. The lowest BCUT2D eigenvalue weighted by atomic mass is 10.2. The van der Waals surface area contributed by atoms with Crippen molar-refractivity contribution in [2.75, 3.05) is 23.1 Å². The monoisotopic (exact) mass is 484 g/mol. The molecule has 2 aromatic carbocycles. The van der Waals surface area contributed by atoms with Crippen molar-refractivity contribution < 1.29 is 23.2 Å². The molecule has 33 heavy (non-hydrogen) atoms. The quantitative estimate of drug-likeness (QED) is 0.220. The van der Waals surface area contributed by atoms with Crippen LogP contribution in [0.3, 0.4) is 0 Å². The second kappa shape index (κ2) is 10.4. The largest absolute Gasteiger partial charge is 0.507 e. The van der Waals surface area contributed by atoms with Gasteiger partial charge in [-0.25, -0.2) is 5.43 Å². The van der Waals surface area contributed by atoms with Gasteiger partial charge < -0.3 is 15.7 Å². The van der Waals surface area contributed by atoms with Crippen molar-refractivity contribution >= 4 is 47.8 Å². The van der Waals surface area contributed by atoms with Crippen molar-refractivity contribution in [1.29, 1.82) is 0 Å². The Balaban J connectivity index is 0.00000385. The molecule has 1 aromatic heterocycles. The van der Waals surface area contributed by atoms with E-state index < -0.39 is 16.7 Å². The van der Waals surface area contributed by atoms with E-state index in [1.165, 1.54) is 19.2 Å². The average molecular weight is 485 g/mol. The number of hydrogen-bond donors (Lipinski definition) is 4. The summed E-state index contributed by atoms with van der Waals surface area (Å²) in [4.78, 5) is 22.3. The minimum Gasteiger partial charge on any atom is -0.507 e. The predicted octanol–water partition coefficient (Wildman–Crippen LogP) is 4.16. The highest BCUT2D eigenvalue weighted by Crippen LogP contribution is 2.31. The first-order chi connectivity index (χ1) is 15.2. The smallest absolute Gasteiger partial charge is 0.416 e. The first kappa shape index (κ1) is 25.1. The number of nitro groups is 1. The molecule has 15 heteroatoms. The molecular weight excluding hydrogens is 469 g/mol. The summed E-state index contributed by atoms with van der Waals surface area (Å²) < 4.78 is 38.7. The molecule has 0 radical (unpaired) electrons. The van der Waals surface area contributed by atoms with E-state index in [1.54, 1.807) is 0 Å². The molecule has 3 rings (SSSR count). The molecule has 174 valence electrons. The van der Waals surface area contributed by atoms with Crippen LogP contribution in [0.25, 0.3) is 0 Å². The maximum absolute atomic E-state index is 12.9. The first-order valence-electron chi connectivity index (χ1n) is 8.80. The molecule has 0 unspecified atom stereocenters. The van der Waals surface area contributed by atoms with Crippen molar-refractivity contribution in [3.05, 3.63) is 63.7 Å². The SMILES string of the molecule is CNc1nc(N/N=C/c2cc([N+](=O)[O-])ccc2O)nc(Nc2cccc(C(F)(F)F)c2)n1.Cl. The number of aromatic nitrogens is 3. The molecule has 0 amide bonds. The van der Waals surface area contributed by atoms with Gasteiger partial charge in [0.2, 0.25) is 17.8 Å². The van der Waals surface area contributed by atoms with Crippen LogP contribution in [0, 0.1) is 10.1 Å². The van der Waals surface area contributed by atoms with Crippen LogP contribution in [0.4, 0.5) is 42.4 Å². The Labute approximate surface area is 190 Å². The van der Waals surface area contributed by atoms with Crippen molar-refractivity contribution in [1.82, 2.24) is 15.0 Å². The fourth-order valence-electron chi connectivity index (χ4n) is 2.41. The molecule has 0 saturated heterocycles. The Kier molecular flexibility index (Phi) is 7.90. The van der Waals surface area contributed by atoms with Gasteiger partial charge in [-0.1, -0.05) is 6.07 Å². The zero-order valence-corrected chi connectivity index (χ0v) is 17.5. The molecule has 0 aliphatic heterocycles. The molecule has 0 spiro atoms. The Morgan fingerprint density at radius 3 is 2.45 bits per heavy atom. The summed E-state index contributed by atoms with van der Waals surface area (Å²) in [6.07, 6.45) is -3.39. The number of benzene rings is 2. The molecule has 0 aliphatic rings. The number of halogens is 4. The number of hydrazone groups is 1. The second-order valence-electron chi connectivity index (χ2n) is 6.13. The number of nitrogens with one attached hydrogen (secondary N) is 3. The third-order valence-electron chi connectivity index (χ3n) is 3.90. The number of nitro benzene ring substituents is 1. The van der Waals surface area contributed by atoms with Crippen molar-refractivity contribution in [3.63, 3.8) is 0 Å². The normalized spacial score (nSPS) is 11.0. The van der Waals surface area contributed by atoms with Crippen LogP contribution in [-0.2, 0) is 6.18 Å². The van der Waals surface area contributed by atoms with Crippen molar-refractivity contribution in [3.8, 4) is 5.75 Å². The van der Waals surface area contributed by atoms with E-state index in [9.17, 15) is 28.4 Å². The topological polar surface area (TPSA) is 150 Å². The zero-order chi connectivity index (χ0) is 23.3. The highest BCUT2D eigenvalue weighted by molar-refractivity contribution is 5.85. The highest BCUT2D eigenvalue weighted by Gasteiger charge is 2.30. The minimum absolute atomic E-state index is 0. The van der Waals surface area contributed by atoms with Gasteiger partial charge in [-0.3, -0.25) is 10.1 Å². The number of phenolic OH excluding ortho intramolecular Hbond substituents is 1. The summed E-state index contributed by atoms with van der Waals surface area (Å²) >= 11 is 0. The van der Waals surface area contributed by atoms with Gasteiger partial charge in [-0.2, -0.15) is 33.2 Å². The maximum Gasteiger partial charge on any atom is 0.416 e. The van der Waals surface area contributed by atoms with Crippen LogP contribution >= 0.6 is 12.4 Å². The van der Waals surface area contributed by atoms with E-state index in [4.69, 9.17) is 0 Å². The van der Waals surface area contributed by atoms with Crippen molar-refractivity contribution in [2.45, 2.75) is 6.18 Å². The van der Waals surface area contributed by atoms with Gasteiger partial charge in [0, 0.05) is 30.4 Å². The third kappa shape index (κ3) is 6.64. The number of nitrogens with zero attached hydrogens (tertiary/aromatic N) is 5. The lowest BCUT2D eigenvalue weighted by Crippen LogP contribution is -2.08. The Bertz CT molecular complexity index is 1180. The van der Waals surface area contributed by atoms with Crippen LogP contribution in [0.1, 0.15) is 11.1 Å². The van der Waals surface area contributed by atoms with Crippen LogP contribution in [-0.4, -0.2) is 38.2 Å². The van der Waals surface area contributed by atoms with Crippen LogP contribution in [0.2, 0.25) is 0 Å². The molecule has 0 aliphatic carbocycles. The zero-order valence-electron chi connectivity index (χ0n) is 16.7. The fourth-order valence-corrected chi connectivity index (χ4v) is 2.41. The van der Waals surface area contributed by atoms with E-state index in [-0.39, 0.29) is 52.9 Å². The van der Waals surface area contributed by atoms with E-state index in [0.717, 1.165) is 36.5 Å². The predicted molar refractivity (Wildman–Crippen MR) is 117 cm³/mol. The van der Waals surface area contributed by atoms with Crippen molar-refractivity contribution in [2.24, 2.45) is 5.10 Å². The number of non-ortho nitro benzene ring substituents is 1. The number of alkyl halides is 3. The molecule has 0 bridgehead atoms. The summed E-state index contributed by atoms with van der Waals surface area (Å²) in [7, 11) is 1.53. The number of phenols is 1. The van der Waals surface area contributed by atoms with E-state index in [2.05, 4.69) is 36.1 Å². The minimum atomic E-state index is -4.51. The van der Waals surface area contributed by atoms with Crippen LogP contribution in [0.5, 0.6) is 5.75 Å². The molecule has 0 saturated carbocycles. The summed E-state index contributed by atoms with van der Waals surface area (Å²) in [5.41, 5.74) is 1.56. The van der Waals surface area contributed by atoms with Gasteiger partial charge in [0.05, 0.1) is 16.7 Å². The summed E-state index contributed by atoms with van der Waals surface area (Å²) in [6, 6.07) is 7.89. The Morgan fingerprint density at radius 2 is 1.79 bits per heavy atom. The van der Waals surface area contributed by atoms with Gasteiger partial charge >= 0.3 is 6.18 Å². The highest BCUT2D eigenvalue weighted by atomic mass is 35.5. The van der Waals surface area contributed by atoms with Gasteiger partial charge in [0.25, 0.3) is 5.69 Å². The molecule has 0 fully saturated rings. The second-order valence-corrected chi connectivity index (χ2v) is 6.13. The fraction of sp³-hybridized carbons (Fsp3) is 0.111. The molecule has 11 nitrogen and oxygen atoms in total. The lowest BCUT2D eigenvalue weighted by Gasteiger charge is -2.11. The Morgan fingerprint density at radius 1 is 1.09 bits per heavy atom. The molecule has 4 N–H and O–H groups in total. The summed E-state index contributed by atoms with van der Waals surface area (Å²) in [6.45, 7) is 0. The Hall–Kier alpha value is -4.20. The van der Waals surface area contributed by atoms with E-state index >= 15 is 0 Å². The lowest BCUT2D eigenvalue weighted by molar-refractivity contribution is -0.384. The summed E-state index contributed by atoms with van der Waals surface area (Å²) in [5, 5.41) is 29.8. The van der Waals surface area contributed by atoms with E-state index in [0.29, 0.717) is 0 Å². The molecule has 3 aromatic rings. The summed E-state index contributed by atoms with van der Waals surface area (Å²) in [5.74, 6) is -0.301. The first-order valence-corrected chi connectivity index (χ1v) is 8.80. The average Bonchev–Trinajstić information content (AvgIpc) is 2.74. The van der Waals surface area contributed by atoms with E-state index in [1.807, 2.05) is 0 Å². The maximum atomic E-state index is 12.9. The van der Waals surface area contributed by atoms with Gasteiger partial charge in [-0.05, 0) is 24.3 Å². The molecule has 1 heterocycles.